The Morgan fingerprint density at radius 3 is 2.71 bits per heavy atom. The van der Waals surface area contributed by atoms with Crippen molar-refractivity contribution >= 4 is 17.6 Å². The van der Waals surface area contributed by atoms with Gasteiger partial charge in [0.15, 0.2) is 6.10 Å². The Labute approximate surface area is 84.7 Å². The average Bonchev–Trinajstić information content (AvgIpc) is 2.11. The van der Waals surface area contributed by atoms with E-state index in [1.165, 1.54) is 12.1 Å². The molecule has 0 fully saturated rings. The van der Waals surface area contributed by atoms with E-state index < -0.39 is 17.9 Å². The number of carboxylic acids is 1. The summed E-state index contributed by atoms with van der Waals surface area (Å²) in [5, 5.41) is 17.5. The summed E-state index contributed by atoms with van der Waals surface area (Å²) < 4.78 is 13.1. The second-order valence-electron chi connectivity index (χ2n) is 2.76. The number of hydrogen-bond acceptors (Lipinski definition) is 2. The number of halogens is 2. The number of carbonyl (C=O) groups is 1. The lowest BCUT2D eigenvalue weighted by molar-refractivity contribution is -0.146. The number of hydrogen-bond donors (Lipinski definition) is 2. The van der Waals surface area contributed by atoms with Crippen LogP contribution in [0.1, 0.15) is 5.56 Å². The van der Waals surface area contributed by atoms with E-state index in [1.54, 1.807) is 0 Å². The van der Waals surface area contributed by atoms with Gasteiger partial charge in [-0.15, -0.1) is 0 Å². The fraction of sp³-hybridized carbons (Fsp3) is 0.222. The van der Waals surface area contributed by atoms with Gasteiger partial charge in [-0.05, 0) is 12.1 Å². The van der Waals surface area contributed by atoms with Crippen molar-refractivity contribution in [1.29, 1.82) is 0 Å². The van der Waals surface area contributed by atoms with Gasteiger partial charge in [-0.1, -0.05) is 17.7 Å². The number of carboxylic acid groups (broad SMARTS) is 1. The highest BCUT2D eigenvalue weighted by atomic mass is 35.5. The van der Waals surface area contributed by atoms with Gasteiger partial charge in [-0.25, -0.2) is 9.18 Å². The molecule has 76 valence electrons. The van der Waals surface area contributed by atoms with Crippen LogP contribution in [0.25, 0.3) is 0 Å². The fourth-order valence-electron chi connectivity index (χ4n) is 1.01. The van der Waals surface area contributed by atoms with Gasteiger partial charge in [0, 0.05) is 17.0 Å². The summed E-state index contributed by atoms with van der Waals surface area (Å²) in [5.41, 5.74) is 0.0177. The standard InChI is InChI=1S/C9H8ClFO3/c10-6-2-1-3-7(11)5(6)4-8(12)9(13)14/h1-3,8,12H,4H2,(H,13,14). The number of aliphatic hydroxyl groups excluding tert-OH is 1. The summed E-state index contributed by atoms with van der Waals surface area (Å²) >= 11 is 5.63. The summed E-state index contributed by atoms with van der Waals surface area (Å²) in [6.07, 6.45) is -1.97. The van der Waals surface area contributed by atoms with Gasteiger partial charge in [-0.2, -0.15) is 0 Å². The topological polar surface area (TPSA) is 57.5 Å². The zero-order valence-electron chi connectivity index (χ0n) is 7.08. The van der Waals surface area contributed by atoms with Crippen LogP contribution in [0.2, 0.25) is 5.02 Å². The summed E-state index contributed by atoms with van der Waals surface area (Å²) in [7, 11) is 0. The van der Waals surface area contributed by atoms with Crippen molar-refractivity contribution in [2.45, 2.75) is 12.5 Å². The zero-order valence-corrected chi connectivity index (χ0v) is 7.83. The third-order valence-corrected chi connectivity index (χ3v) is 2.10. The molecule has 0 aliphatic carbocycles. The van der Waals surface area contributed by atoms with E-state index in [2.05, 4.69) is 0 Å². The minimum absolute atomic E-state index is 0.0177. The molecule has 3 nitrogen and oxygen atoms in total. The van der Waals surface area contributed by atoms with E-state index in [4.69, 9.17) is 21.8 Å². The molecule has 0 saturated carbocycles. The van der Waals surface area contributed by atoms with Gasteiger partial charge < -0.3 is 10.2 Å². The molecule has 0 spiro atoms. The molecule has 0 aliphatic rings. The Bertz CT molecular complexity index is 334. The second-order valence-corrected chi connectivity index (χ2v) is 3.17. The Morgan fingerprint density at radius 1 is 1.57 bits per heavy atom. The molecule has 0 saturated heterocycles. The van der Waals surface area contributed by atoms with Crippen molar-refractivity contribution in [2.24, 2.45) is 0 Å². The maximum Gasteiger partial charge on any atom is 0.332 e. The summed E-state index contributed by atoms with van der Waals surface area (Å²) in [4.78, 5) is 10.3. The van der Waals surface area contributed by atoms with Crippen LogP contribution in [0.5, 0.6) is 0 Å². The van der Waals surface area contributed by atoms with E-state index in [0.29, 0.717) is 0 Å². The van der Waals surface area contributed by atoms with Crippen molar-refractivity contribution in [3.63, 3.8) is 0 Å². The first-order chi connectivity index (χ1) is 6.52. The highest BCUT2D eigenvalue weighted by Crippen LogP contribution is 2.20. The van der Waals surface area contributed by atoms with E-state index in [-0.39, 0.29) is 17.0 Å². The normalized spacial score (nSPS) is 12.5. The fourth-order valence-corrected chi connectivity index (χ4v) is 1.25. The maximum atomic E-state index is 13.1. The molecule has 2 N–H and O–H groups in total. The van der Waals surface area contributed by atoms with Crippen molar-refractivity contribution in [1.82, 2.24) is 0 Å². The monoisotopic (exact) mass is 218 g/mol. The molecule has 5 heteroatoms. The number of rotatable bonds is 3. The molecule has 1 rings (SSSR count). The second kappa shape index (κ2) is 4.39. The first kappa shape index (κ1) is 10.9. The first-order valence-corrected chi connectivity index (χ1v) is 4.24. The lowest BCUT2D eigenvalue weighted by Crippen LogP contribution is -2.22. The molecule has 0 amide bonds. The van der Waals surface area contributed by atoms with Gasteiger partial charge in [0.2, 0.25) is 0 Å². The summed E-state index contributed by atoms with van der Waals surface area (Å²) in [5.74, 6) is -2.01. The van der Waals surface area contributed by atoms with E-state index in [0.717, 1.165) is 6.07 Å². The SMILES string of the molecule is O=C(O)C(O)Cc1c(F)cccc1Cl. The maximum absolute atomic E-state index is 13.1. The van der Waals surface area contributed by atoms with E-state index >= 15 is 0 Å². The molecular weight excluding hydrogens is 211 g/mol. The molecule has 1 atom stereocenters. The van der Waals surface area contributed by atoms with Gasteiger partial charge in [0.1, 0.15) is 5.82 Å². The molecule has 1 aromatic carbocycles. The lowest BCUT2D eigenvalue weighted by Gasteiger charge is -2.07. The van der Waals surface area contributed by atoms with Crippen molar-refractivity contribution in [2.75, 3.05) is 0 Å². The van der Waals surface area contributed by atoms with Crippen LogP contribution in [0.3, 0.4) is 0 Å². The smallest absolute Gasteiger partial charge is 0.332 e. The predicted octanol–water partition coefficient (Wildman–Crippen LogP) is 1.47. The molecule has 0 bridgehead atoms. The van der Waals surface area contributed by atoms with E-state index in [1.807, 2.05) is 0 Å². The predicted molar refractivity (Wildman–Crippen MR) is 48.8 cm³/mol. The highest BCUT2D eigenvalue weighted by molar-refractivity contribution is 6.31. The van der Waals surface area contributed by atoms with Gasteiger partial charge in [0.25, 0.3) is 0 Å². The van der Waals surface area contributed by atoms with Gasteiger partial charge >= 0.3 is 5.97 Å². The Morgan fingerprint density at radius 2 is 2.21 bits per heavy atom. The molecule has 1 aromatic rings. The first-order valence-electron chi connectivity index (χ1n) is 3.86. The van der Waals surface area contributed by atoms with Crippen LogP contribution in [0.4, 0.5) is 4.39 Å². The summed E-state index contributed by atoms with van der Waals surface area (Å²) in [6, 6.07) is 4.01. The Kier molecular flexibility index (Phi) is 3.43. The van der Waals surface area contributed by atoms with Crippen molar-refractivity contribution in [3.05, 3.63) is 34.6 Å². The molecular formula is C9H8ClFO3. The van der Waals surface area contributed by atoms with Crippen LogP contribution in [0, 0.1) is 5.82 Å². The molecule has 0 heterocycles. The molecule has 0 aliphatic heterocycles. The lowest BCUT2D eigenvalue weighted by atomic mass is 10.1. The molecule has 14 heavy (non-hydrogen) atoms. The number of benzene rings is 1. The minimum atomic E-state index is -1.63. The quantitative estimate of drug-likeness (QED) is 0.808. The van der Waals surface area contributed by atoms with Crippen LogP contribution in [0.15, 0.2) is 18.2 Å². The zero-order chi connectivity index (χ0) is 10.7. The number of aliphatic carboxylic acids is 1. The van der Waals surface area contributed by atoms with E-state index in [9.17, 15) is 9.18 Å². The number of aliphatic hydroxyl groups is 1. The summed E-state index contributed by atoms with van der Waals surface area (Å²) in [6.45, 7) is 0. The average molecular weight is 219 g/mol. The Hall–Kier alpha value is -1.13. The van der Waals surface area contributed by atoms with Gasteiger partial charge in [-0.3, -0.25) is 0 Å². The third-order valence-electron chi connectivity index (χ3n) is 1.74. The third kappa shape index (κ3) is 2.43. The minimum Gasteiger partial charge on any atom is -0.479 e. The molecule has 1 unspecified atom stereocenters. The van der Waals surface area contributed by atoms with Crippen LogP contribution in [-0.4, -0.2) is 22.3 Å². The largest absolute Gasteiger partial charge is 0.479 e. The molecule has 0 aromatic heterocycles. The van der Waals surface area contributed by atoms with Crippen LogP contribution >= 0.6 is 11.6 Å². The van der Waals surface area contributed by atoms with Crippen LogP contribution in [-0.2, 0) is 11.2 Å². The molecule has 0 radical (unpaired) electrons. The van der Waals surface area contributed by atoms with Crippen molar-refractivity contribution < 1.29 is 19.4 Å². The highest BCUT2D eigenvalue weighted by Gasteiger charge is 2.17. The van der Waals surface area contributed by atoms with Crippen molar-refractivity contribution in [3.8, 4) is 0 Å². The van der Waals surface area contributed by atoms with Gasteiger partial charge in [0.05, 0.1) is 0 Å². The Balaban J connectivity index is 2.91. The van der Waals surface area contributed by atoms with Crippen LogP contribution < -0.4 is 0 Å².